The largest absolute Gasteiger partial charge is 0.494 e. The number of carbonyl (C=O) groups is 2. The van der Waals surface area contributed by atoms with Gasteiger partial charge in [-0.1, -0.05) is 18.2 Å². The van der Waals surface area contributed by atoms with Crippen LogP contribution in [0.25, 0.3) is 0 Å². The molecule has 0 radical (unpaired) electrons. The molecule has 0 saturated carbocycles. The zero-order valence-corrected chi connectivity index (χ0v) is 20.2. The summed E-state index contributed by atoms with van der Waals surface area (Å²) in [6.07, 6.45) is 3.30. The van der Waals surface area contributed by atoms with E-state index < -0.39 is 11.4 Å². The van der Waals surface area contributed by atoms with Gasteiger partial charge in [-0.3, -0.25) is 14.5 Å². The van der Waals surface area contributed by atoms with Gasteiger partial charge in [-0.05, 0) is 61.1 Å². The number of ether oxygens (including phenoxy) is 1. The van der Waals surface area contributed by atoms with Gasteiger partial charge in [-0.25, -0.2) is 8.78 Å². The molecule has 2 aromatic rings. The number of carbonyl (C=O) groups excluding carboxylic acids is 2. The number of hydrogen-bond acceptors (Lipinski definition) is 4. The molecule has 1 atom stereocenters. The number of nitrogens with zero attached hydrogens (tertiary/aromatic N) is 2. The summed E-state index contributed by atoms with van der Waals surface area (Å²) in [6.45, 7) is 3.57. The summed E-state index contributed by atoms with van der Waals surface area (Å²) < 4.78 is 32.4. The van der Waals surface area contributed by atoms with Crippen molar-refractivity contribution >= 4 is 11.8 Å². The van der Waals surface area contributed by atoms with E-state index in [1.807, 2.05) is 11.0 Å². The smallest absolute Gasteiger partial charge is 0.222 e. The maximum atomic E-state index is 13.8. The minimum atomic E-state index is -0.523. The van der Waals surface area contributed by atoms with Gasteiger partial charge < -0.3 is 15.0 Å². The Hall–Kier alpha value is -3.00. The molecule has 2 aromatic carbocycles. The summed E-state index contributed by atoms with van der Waals surface area (Å²) in [5.74, 6) is -0.431. The van der Waals surface area contributed by atoms with Crippen molar-refractivity contribution in [2.75, 3.05) is 33.3 Å². The molecular weight excluding hydrogens is 452 g/mol. The number of amides is 2. The Labute approximate surface area is 205 Å². The molecule has 2 amide bonds. The van der Waals surface area contributed by atoms with E-state index >= 15 is 0 Å². The predicted molar refractivity (Wildman–Crippen MR) is 129 cm³/mol. The standard InChI is InChI=1S/C27H33F2N3O3/c1-35-24-17-20(6-7-23(24)29)18-27(10-8-25(33)30-27)11-9-26(34)32-13-3-12-31(14-15-32)19-21-4-2-5-22(28)16-21/h2,4-7,16-17H,3,8-15,18-19H2,1H3,(H,30,33). The minimum Gasteiger partial charge on any atom is -0.494 e. The average Bonchev–Trinajstić information content (AvgIpc) is 3.04. The third-order valence-corrected chi connectivity index (χ3v) is 7.05. The fourth-order valence-corrected chi connectivity index (χ4v) is 5.16. The Morgan fingerprint density at radius 3 is 2.69 bits per heavy atom. The molecule has 2 aliphatic rings. The van der Waals surface area contributed by atoms with Gasteiger partial charge in [-0.2, -0.15) is 0 Å². The summed E-state index contributed by atoms with van der Waals surface area (Å²) in [6, 6.07) is 11.4. The summed E-state index contributed by atoms with van der Waals surface area (Å²) in [4.78, 5) is 29.4. The van der Waals surface area contributed by atoms with E-state index in [0.717, 1.165) is 30.6 Å². The second-order valence-electron chi connectivity index (χ2n) is 9.61. The monoisotopic (exact) mass is 485 g/mol. The molecule has 6 nitrogen and oxygen atoms in total. The van der Waals surface area contributed by atoms with Crippen LogP contribution in [0.15, 0.2) is 42.5 Å². The zero-order chi connectivity index (χ0) is 24.8. The molecule has 1 N–H and O–H groups in total. The van der Waals surface area contributed by atoms with Gasteiger partial charge in [0.25, 0.3) is 0 Å². The molecule has 2 saturated heterocycles. The third kappa shape index (κ3) is 6.57. The Kier molecular flexibility index (Phi) is 8.00. The molecule has 188 valence electrons. The van der Waals surface area contributed by atoms with Gasteiger partial charge in [0.15, 0.2) is 11.6 Å². The van der Waals surface area contributed by atoms with Crippen LogP contribution in [0, 0.1) is 11.6 Å². The second kappa shape index (κ2) is 11.2. The van der Waals surface area contributed by atoms with Crippen LogP contribution < -0.4 is 10.1 Å². The van der Waals surface area contributed by atoms with Crippen molar-refractivity contribution in [2.24, 2.45) is 0 Å². The molecule has 2 fully saturated rings. The van der Waals surface area contributed by atoms with E-state index in [1.54, 1.807) is 24.3 Å². The van der Waals surface area contributed by atoms with Crippen LogP contribution in [0.1, 0.15) is 43.2 Å². The fourth-order valence-electron chi connectivity index (χ4n) is 5.16. The first-order valence-electron chi connectivity index (χ1n) is 12.2. The lowest BCUT2D eigenvalue weighted by atomic mass is 9.84. The van der Waals surface area contributed by atoms with E-state index in [0.29, 0.717) is 51.7 Å². The molecular formula is C27H33F2N3O3. The molecule has 35 heavy (non-hydrogen) atoms. The highest BCUT2D eigenvalue weighted by Gasteiger charge is 2.38. The van der Waals surface area contributed by atoms with Crippen molar-refractivity contribution < 1.29 is 23.1 Å². The van der Waals surface area contributed by atoms with Crippen LogP contribution in [-0.4, -0.2) is 60.4 Å². The first kappa shape index (κ1) is 25.1. The molecule has 2 aliphatic heterocycles. The first-order chi connectivity index (χ1) is 16.9. The average molecular weight is 486 g/mol. The van der Waals surface area contributed by atoms with Crippen LogP contribution in [0.4, 0.5) is 8.78 Å². The minimum absolute atomic E-state index is 0.0192. The van der Waals surface area contributed by atoms with E-state index in [2.05, 4.69) is 10.2 Å². The first-order valence-corrected chi connectivity index (χ1v) is 12.2. The van der Waals surface area contributed by atoms with Gasteiger partial charge in [-0.15, -0.1) is 0 Å². The Morgan fingerprint density at radius 2 is 1.94 bits per heavy atom. The number of halogens is 2. The van der Waals surface area contributed by atoms with Gasteiger partial charge in [0.2, 0.25) is 11.8 Å². The van der Waals surface area contributed by atoms with Gasteiger partial charge in [0.05, 0.1) is 7.11 Å². The number of rotatable bonds is 8. The zero-order valence-electron chi connectivity index (χ0n) is 20.2. The van der Waals surface area contributed by atoms with Gasteiger partial charge in [0, 0.05) is 51.1 Å². The van der Waals surface area contributed by atoms with E-state index in [1.165, 1.54) is 19.2 Å². The van der Waals surface area contributed by atoms with Crippen molar-refractivity contribution in [3.8, 4) is 5.75 Å². The number of benzene rings is 2. The van der Waals surface area contributed by atoms with Crippen LogP contribution in [0.2, 0.25) is 0 Å². The molecule has 0 aromatic heterocycles. The number of hydrogen-bond donors (Lipinski definition) is 1. The van der Waals surface area contributed by atoms with Gasteiger partial charge in [0.1, 0.15) is 5.82 Å². The number of nitrogens with one attached hydrogen (secondary N) is 1. The lowest BCUT2D eigenvalue weighted by Gasteiger charge is -2.31. The van der Waals surface area contributed by atoms with Gasteiger partial charge >= 0.3 is 0 Å². The lowest BCUT2D eigenvalue weighted by Crippen LogP contribution is -2.45. The van der Waals surface area contributed by atoms with Crippen molar-refractivity contribution in [2.45, 2.75) is 50.6 Å². The topological polar surface area (TPSA) is 61.9 Å². The molecule has 0 spiro atoms. The third-order valence-electron chi connectivity index (χ3n) is 7.05. The van der Waals surface area contributed by atoms with Crippen molar-refractivity contribution in [3.63, 3.8) is 0 Å². The Balaban J connectivity index is 1.34. The van der Waals surface area contributed by atoms with E-state index in [4.69, 9.17) is 4.74 Å². The quantitative estimate of drug-likeness (QED) is 0.620. The van der Waals surface area contributed by atoms with Crippen molar-refractivity contribution in [1.82, 2.24) is 15.1 Å². The maximum absolute atomic E-state index is 13.8. The SMILES string of the molecule is COc1cc(CC2(CCC(=O)N3CCCN(Cc4cccc(F)c4)CC3)CCC(=O)N2)ccc1F. The molecule has 0 aliphatic carbocycles. The molecule has 8 heteroatoms. The predicted octanol–water partition coefficient (Wildman–Crippen LogP) is 3.68. The summed E-state index contributed by atoms with van der Waals surface area (Å²) in [5, 5.41) is 3.09. The lowest BCUT2D eigenvalue weighted by molar-refractivity contribution is -0.131. The van der Waals surface area contributed by atoms with Crippen molar-refractivity contribution in [3.05, 3.63) is 65.2 Å². The fraction of sp³-hybridized carbons (Fsp3) is 0.481. The molecule has 4 rings (SSSR count). The summed E-state index contributed by atoms with van der Waals surface area (Å²) in [7, 11) is 1.43. The maximum Gasteiger partial charge on any atom is 0.222 e. The van der Waals surface area contributed by atoms with Crippen LogP contribution in [0.3, 0.4) is 0 Å². The summed E-state index contributed by atoms with van der Waals surface area (Å²) in [5.41, 5.74) is 1.27. The highest BCUT2D eigenvalue weighted by atomic mass is 19.1. The molecule has 1 unspecified atom stereocenters. The number of methoxy groups -OCH3 is 1. The van der Waals surface area contributed by atoms with E-state index in [-0.39, 0.29) is 23.4 Å². The Morgan fingerprint density at radius 1 is 1.09 bits per heavy atom. The second-order valence-corrected chi connectivity index (χ2v) is 9.61. The van der Waals surface area contributed by atoms with Crippen LogP contribution in [0.5, 0.6) is 5.75 Å². The van der Waals surface area contributed by atoms with Crippen LogP contribution >= 0.6 is 0 Å². The van der Waals surface area contributed by atoms with E-state index in [9.17, 15) is 18.4 Å². The highest BCUT2D eigenvalue weighted by Crippen LogP contribution is 2.31. The normalized spacial score (nSPS) is 21.0. The molecule has 0 bridgehead atoms. The van der Waals surface area contributed by atoms with Crippen molar-refractivity contribution in [1.29, 1.82) is 0 Å². The Bertz CT molecular complexity index is 1060. The van der Waals surface area contributed by atoms with Crippen LogP contribution in [-0.2, 0) is 22.6 Å². The summed E-state index contributed by atoms with van der Waals surface area (Å²) >= 11 is 0. The highest BCUT2D eigenvalue weighted by molar-refractivity contribution is 5.80. The molecule has 2 heterocycles.